The number of aromatic nitrogens is 3. The molecule has 0 saturated carbocycles. The lowest BCUT2D eigenvalue weighted by atomic mass is 10.0. The molecule has 1 saturated heterocycles. The van der Waals surface area contributed by atoms with E-state index in [1.165, 1.54) is 10.8 Å². The van der Waals surface area contributed by atoms with Gasteiger partial charge in [-0.05, 0) is 31.0 Å². The SMILES string of the molecule is N#Cc1cccnc1N1CCC(NC(=O)Cn2cccnc2=O)CC1. The Balaban J connectivity index is 1.54. The summed E-state index contributed by atoms with van der Waals surface area (Å²) in [7, 11) is 0. The summed E-state index contributed by atoms with van der Waals surface area (Å²) in [4.78, 5) is 33.6. The van der Waals surface area contributed by atoms with Crippen LogP contribution in [0.2, 0.25) is 0 Å². The first-order valence-corrected chi connectivity index (χ1v) is 8.08. The molecule has 3 rings (SSSR count). The van der Waals surface area contributed by atoms with Gasteiger partial charge in [-0.25, -0.2) is 14.8 Å². The molecule has 1 amide bonds. The lowest BCUT2D eigenvalue weighted by molar-refractivity contribution is -0.122. The molecule has 128 valence electrons. The number of hydrogen-bond acceptors (Lipinski definition) is 6. The summed E-state index contributed by atoms with van der Waals surface area (Å²) in [5, 5.41) is 12.1. The number of piperidine rings is 1. The van der Waals surface area contributed by atoms with Gasteiger partial charge in [0, 0.05) is 37.7 Å². The van der Waals surface area contributed by atoms with Crippen LogP contribution in [0.3, 0.4) is 0 Å². The zero-order valence-corrected chi connectivity index (χ0v) is 13.6. The Morgan fingerprint density at radius 3 is 2.76 bits per heavy atom. The minimum absolute atomic E-state index is 0.0360. The molecule has 8 heteroatoms. The average molecular weight is 338 g/mol. The van der Waals surface area contributed by atoms with E-state index in [0.29, 0.717) is 24.5 Å². The van der Waals surface area contributed by atoms with Gasteiger partial charge in [-0.15, -0.1) is 0 Å². The molecule has 2 aromatic rings. The van der Waals surface area contributed by atoms with Crippen LogP contribution in [0.4, 0.5) is 5.82 Å². The van der Waals surface area contributed by atoms with E-state index in [4.69, 9.17) is 0 Å². The van der Waals surface area contributed by atoms with Gasteiger partial charge in [-0.3, -0.25) is 9.36 Å². The Kier molecular flexibility index (Phi) is 5.04. The van der Waals surface area contributed by atoms with Crippen LogP contribution in [0.5, 0.6) is 0 Å². The molecule has 0 aromatic carbocycles. The maximum Gasteiger partial charge on any atom is 0.347 e. The number of nitrogens with zero attached hydrogens (tertiary/aromatic N) is 5. The fourth-order valence-electron chi connectivity index (χ4n) is 2.91. The molecule has 0 bridgehead atoms. The van der Waals surface area contributed by atoms with Crippen molar-refractivity contribution >= 4 is 11.7 Å². The Hall–Kier alpha value is -3.21. The lowest BCUT2D eigenvalue weighted by Crippen LogP contribution is -2.46. The quantitative estimate of drug-likeness (QED) is 0.859. The first-order valence-electron chi connectivity index (χ1n) is 8.08. The topological polar surface area (TPSA) is 104 Å². The minimum Gasteiger partial charge on any atom is -0.355 e. The molecule has 0 spiro atoms. The van der Waals surface area contributed by atoms with E-state index in [1.807, 2.05) is 0 Å². The summed E-state index contributed by atoms with van der Waals surface area (Å²) < 4.78 is 1.28. The van der Waals surface area contributed by atoms with Crippen LogP contribution in [0, 0.1) is 11.3 Å². The Bertz CT molecular complexity index is 848. The monoisotopic (exact) mass is 338 g/mol. The van der Waals surface area contributed by atoms with Crippen molar-refractivity contribution < 1.29 is 4.79 Å². The highest BCUT2D eigenvalue weighted by atomic mass is 16.2. The van der Waals surface area contributed by atoms with Gasteiger partial charge >= 0.3 is 5.69 Å². The molecule has 1 aliphatic heterocycles. The fraction of sp³-hybridized carbons (Fsp3) is 0.353. The number of carbonyl (C=O) groups is 1. The van der Waals surface area contributed by atoms with Crippen LogP contribution in [-0.4, -0.2) is 39.6 Å². The Morgan fingerprint density at radius 1 is 1.28 bits per heavy atom. The summed E-state index contributed by atoms with van der Waals surface area (Å²) in [6, 6.07) is 7.32. The fourth-order valence-corrected chi connectivity index (χ4v) is 2.91. The van der Waals surface area contributed by atoms with E-state index in [2.05, 4.69) is 26.3 Å². The molecule has 25 heavy (non-hydrogen) atoms. The smallest absolute Gasteiger partial charge is 0.347 e. The number of nitrogens with one attached hydrogen (secondary N) is 1. The second kappa shape index (κ2) is 7.57. The first-order chi connectivity index (χ1) is 12.2. The standard InChI is InChI=1S/C17H18N6O2/c18-11-13-3-1-6-19-16(13)22-9-4-14(5-10-22)21-15(24)12-23-8-2-7-20-17(23)25/h1-3,6-8,14H,4-5,9-10,12H2,(H,21,24). The molecule has 0 aliphatic carbocycles. The molecule has 0 radical (unpaired) electrons. The van der Waals surface area contributed by atoms with Crippen molar-refractivity contribution in [3.8, 4) is 6.07 Å². The second-order valence-corrected chi connectivity index (χ2v) is 5.85. The molecule has 1 aliphatic rings. The predicted octanol–water partition coefficient (Wildman–Crippen LogP) is 0.295. The third kappa shape index (κ3) is 4.01. The summed E-state index contributed by atoms with van der Waals surface area (Å²) in [5.74, 6) is 0.487. The maximum absolute atomic E-state index is 12.1. The second-order valence-electron chi connectivity index (χ2n) is 5.85. The number of carbonyl (C=O) groups excluding carboxylic acids is 1. The number of nitriles is 1. The molecule has 3 heterocycles. The van der Waals surface area contributed by atoms with E-state index in [9.17, 15) is 14.9 Å². The molecule has 1 N–H and O–H groups in total. The van der Waals surface area contributed by atoms with Gasteiger partial charge in [0.05, 0.1) is 5.56 Å². The molecule has 2 aromatic heterocycles. The summed E-state index contributed by atoms with van der Waals surface area (Å²) in [5.41, 5.74) is 0.118. The molecular weight excluding hydrogens is 320 g/mol. The zero-order valence-electron chi connectivity index (χ0n) is 13.6. The van der Waals surface area contributed by atoms with Crippen molar-refractivity contribution in [2.24, 2.45) is 0 Å². The highest BCUT2D eigenvalue weighted by Crippen LogP contribution is 2.21. The average Bonchev–Trinajstić information content (AvgIpc) is 2.64. The van der Waals surface area contributed by atoms with Crippen molar-refractivity contribution in [3.63, 3.8) is 0 Å². The zero-order chi connectivity index (χ0) is 17.6. The maximum atomic E-state index is 12.1. The number of pyridine rings is 1. The van der Waals surface area contributed by atoms with Gasteiger partial charge in [0.2, 0.25) is 5.91 Å². The van der Waals surface area contributed by atoms with Gasteiger partial charge in [0.25, 0.3) is 0 Å². The van der Waals surface area contributed by atoms with Crippen LogP contribution < -0.4 is 15.9 Å². The highest BCUT2D eigenvalue weighted by Gasteiger charge is 2.23. The van der Waals surface area contributed by atoms with Gasteiger partial charge in [0.15, 0.2) is 0 Å². The van der Waals surface area contributed by atoms with E-state index in [0.717, 1.165) is 12.8 Å². The van der Waals surface area contributed by atoms with Crippen LogP contribution in [0.15, 0.2) is 41.6 Å². The van der Waals surface area contributed by atoms with E-state index >= 15 is 0 Å². The van der Waals surface area contributed by atoms with Gasteiger partial charge in [-0.2, -0.15) is 5.26 Å². The third-order valence-electron chi connectivity index (χ3n) is 4.16. The highest BCUT2D eigenvalue weighted by molar-refractivity contribution is 5.76. The minimum atomic E-state index is -0.438. The normalized spacial score (nSPS) is 14.8. The van der Waals surface area contributed by atoms with Crippen molar-refractivity contribution in [2.45, 2.75) is 25.4 Å². The summed E-state index contributed by atoms with van der Waals surface area (Å²) >= 11 is 0. The van der Waals surface area contributed by atoms with Crippen LogP contribution in [0.25, 0.3) is 0 Å². The first kappa shape index (κ1) is 16.6. The van der Waals surface area contributed by atoms with Crippen LogP contribution in [-0.2, 0) is 11.3 Å². The molecule has 8 nitrogen and oxygen atoms in total. The van der Waals surface area contributed by atoms with E-state index < -0.39 is 5.69 Å². The number of rotatable bonds is 4. The van der Waals surface area contributed by atoms with Crippen LogP contribution >= 0.6 is 0 Å². The van der Waals surface area contributed by atoms with Crippen LogP contribution in [0.1, 0.15) is 18.4 Å². The Labute approximate surface area is 144 Å². The van der Waals surface area contributed by atoms with Crippen molar-refractivity contribution in [1.29, 1.82) is 5.26 Å². The number of hydrogen-bond donors (Lipinski definition) is 1. The number of anilines is 1. The Morgan fingerprint density at radius 2 is 2.04 bits per heavy atom. The van der Waals surface area contributed by atoms with Crippen molar-refractivity contribution in [1.82, 2.24) is 19.9 Å². The van der Waals surface area contributed by atoms with Gasteiger partial charge < -0.3 is 10.2 Å². The van der Waals surface area contributed by atoms with Gasteiger partial charge in [-0.1, -0.05) is 0 Å². The van der Waals surface area contributed by atoms with E-state index in [1.54, 1.807) is 30.6 Å². The third-order valence-corrected chi connectivity index (χ3v) is 4.16. The molecule has 1 fully saturated rings. The molecular formula is C17H18N6O2. The van der Waals surface area contributed by atoms with Crippen molar-refractivity contribution in [2.75, 3.05) is 18.0 Å². The lowest BCUT2D eigenvalue weighted by Gasteiger charge is -2.33. The van der Waals surface area contributed by atoms with E-state index in [-0.39, 0.29) is 18.5 Å². The predicted molar refractivity (Wildman–Crippen MR) is 90.8 cm³/mol. The largest absolute Gasteiger partial charge is 0.355 e. The molecule has 0 unspecified atom stereocenters. The molecule has 0 atom stereocenters. The van der Waals surface area contributed by atoms with Crippen molar-refractivity contribution in [3.05, 3.63) is 52.8 Å². The number of amides is 1. The summed E-state index contributed by atoms with van der Waals surface area (Å²) in [6.45, 7) is 1.39. The van der Waals surface area contributed by atoms with Gasteiger partial charge in [0.1, 0.15) is 18.4 Å². The summed E-state index contributed by atoms with van der Waals surface area (Å²) in [6.07, 6.45) is 6.14.